The maximum atomic E-state index is 11.8. The van der Waals surface area contributed by atoms with Crippen LogP contribution in [0.25, 0.3) is 0 Å². The van der Waals surface area contributed by atoms with Gasteiger partial charge in [0.2, 0.25) is 5.79 Å². The molecule has 0 spiro atoms. The summed E-state index contributed by atoms with van der Waals surface area (Å²) >= 11 is 0. The molecule has 42 heavy (non-hydrogen) atoms. The number of anilines is 1. The van der Waals surface area contributed by atoms with Crippen molar-refractivity contribution in [3.63, 3.8) is 0 Å². The number of ether oxygens (including phenoxy) is 3. The van der Waals surface area contributed by atoms with E-state index in [1.807, 2.05) is 50.2 Å². The summed E-state index contributed by atoms with van der Waals surface area (Å²) in [5.74, 6) is -0.923. The van der Waals surface area contributed by atoms with E-state index in [0.29, 0.717) is 25.4 Å². The third-order valence-electron chi connectivity index (χ3n) is 7.31. The molecule has 10 heteroatoms. The number of hydrogen-bond acceptors (Lipinski definition) is 7. The number of aryl methyl sites for hydroxylation is 1. The van der Waals surface area contributed by atoms with Crippen LogP contribution in [0.4, 0.5) is 10.5 Å². The van der Waals surface area contributed by atoms with Crippen molar-refractivity contribution in [2.75, 3.05) is 31.2 Å². The topological polar surface area (TPSA) is 144 Å². The van der Waals surface area contributed by atoms with Crippen LogP contribution in [0.2, 0.25) is 0 Å². The minimum absolute atomic E-state index is 0.476. The number of primary amides is 1. The molecule has 1 aliphatic rings. The second-order valence-corrected chi connectivity index (χ2v) is 11.3. The Bertz CT molecular complexity index is 1160. The molecule has 0 radical (unpaired) electrons. The smallest absolute Gasteiger partial charge is 0.326 e. The minimum atomic E-state index is -1.11. The van der Waals surface area contributed by atoms with Crippen molar-refractivity contribution in [2.45, 2.75) is 90.3 Å². The van der Waals surface area contributed by atoms with Crippen LogP contribution < -0.4 is 20.7 Å². The Kier molecular flexibility index (Phi) is 13.1. The average Bonchev–Trinajstić information content (AvgIpc) is 2.94. The Morgan fingerprint density at radius 1 is 1.07 bits per heavy atom. The number of unbranched alkanes of at least 4 members (excludes halogenated alkanes) is 4. The number of aliphatic hydroxyl groups excluding tert-OH is 1. The normalized spacial score (nSPS) is 15.3. The number of nitrogens with zero attached hydrogens (tertiary/aromatic N) is 1. The first-order chi connectivity index (χ1) is 20.1. The first-order valence-electron chi connectivity index (χ1n) is 14.9. The lowest BCUT2D eigenvalue weighted by Crippen LogP contribution is -2.46. The van der Waals surface area contributed by atoms with Crippen molar-refractivity contribution in [1.82, 2.24) is 5.32 Å². The number of aliphatic carboxylic acids is 1. The molecule has 1 aliphatic heterocycles. The number of hydrogen-bond donors (Lipinski definition) is 4. The van der Waals surface area contributed by atoms with E-state index < -0.39 is 29.9 Å². The summed E-state index contributed by atoms with van der Waals surface area (Å²) in [6, 6.07) is 11.2. The van der Waals surface area contributed by atoms with E-state index in [0.717, 1.165) is 85.4 Å². The van der Waals surface area contributed by atoms with Gasteiger partial charge in [-0.05, 0) is 81.0 Å². The summed E-state index contributed by atoms with van der Waals surface area (Å²) in [5, 5.41) is 23.2. The average molecular weight is 586 g/mol. The maximum Gasteiger partial charge on any atom is 0.326 e. The summed E-state index contributed by atoms with van der Waals surface area (Å²) in [6.45, 7) is 8.49. The molecule has 0 fully saturated rings. The van der Waals surface area contributed by atoms with Crippen molar-refractivity contribution in [1.29, 1.82) is 0 Å². The Hall–Kier alpha value is -3.18. The van der Waals surface area contributed by atoms with Gasteiger partial charge in [0.05, 0.1) is 12.7 Å². The molecular formula is C32H47N3O7. The molecule has 2 atom stereocenters. The Morgan fingerprint density at radius 3 is 2.55 bits per heavy atom. The van der Waals surface area contributed by atoms with E-state index in [2.05, 4.69) is 5.32 Å². The summed E-state index contributed by atoms with van der Waals surface area (Å²) in [7, 11) is 0. The molecule has 10 nitrogen and oxygen atoms in total. The zero-order valence-electron chi connectivity index (χ0n) is 25.1. The van der Waals surface area contributed by atoms with E-state index in [9.17, 15) is 19.8 Å². The molecule has 0 aliphatic carbocycles. The van der Waals surface area contributed by atoms with E-state index in [1.165, 1.54) is 6.92 Å². The number of urea groups is 1. The second-order valence-electron chi connectivity index (χ2n) is 11.3. The fraction of sp³-hybridized carbons (Fsp3) is 0.562. The fourth-order valence-corrected chi connectivity index (χ4v) is 4.88. The Morgan fingerprint density at radius 2 is 1.81 bits per heavy atom. The molecule has 1 heterocycles. The number of amides is 2. The molecule has 0 saturated heterocycles. The standard InChI is InChI=1S/C32H47N3O7/c1-23(30(37)38)35(31(33)39)27-13-10-12-24(19-27)11-6-9-18-40-17-8-5-4-7-16-34-21-28(36)25-14-15-29-26(20-25)22-41-32(2,3)42-29/h10,12-15,19-20,23,28,34,36H,4-9,11,16-18,21-22H2,1-3H3,(H2,33,39)(H,37,38)/t23-,28+/m0/s1. The first-order valence-corrected chi connectivity index (χ1v) is 14.9. The lowest BCUT2D eigenvalue weighted by atomic mass is 10.0. The van der Waals surface area contributed by atoms with Crippen LogP contribution in [0.5, 0.6) is 5.75 Å². The number of benzene rings is 2. The quantitative estimate of drug-likeness (QED) is 0.181. The number of rotatable bonds is 18. The van der Waals surface area contributed by atoms with Crippen molar-refractivity contribution < 1.29 is 34.0 Å². The number of aliphatic hydroxyl groups is 1. The zero-order chi connectivity index (χ0) is 30.5. The lowest BCUT2D eigenvalue weighted by molar-refractivity contribution is -0.180. The summed E-state index contributed by atoms with van der Waals surface area (Å²) in [5.41, 5.74) is 8.75. The highest BCUT2D eigenvalue weighted by Gasteiger charge is 2.28. The number of fused-ring (bicyclic) bond motifs is 1. The lowest BCUT2D eigenvalue weighted by Gasteiger charge is -2.33. The van der Waals surface area contributed by atoms with Crippen LogP contribution in [0, 0.1) is 0 Å². The number of carboxylic acid groups (broad SMARTS) is 1. The monoisotopic (exact) mass is 585 g/mol. The molecule has 0 bridgehead atoms. The van der Waals surface area contributed by atoms with Crippen molar-refractivity contribution in [2.24, 2.45) is 5.73 Å². The van der Waals surface area contributed by atoms with Crippen LogP contribution >= 0.6 is 0 Å². The van der Waals surface area contributed by atoms with E-state index in [4.69, 9.17) is 19.9 Å². The van der Waals surface area contributed by atoms with E-state index in [-0.39, 0.29) is 0 Å². The van der Waals surface area contributed by atoms with Gasteiger partial charge in [0.15, 0.2) is 0 Å². The van der Waals surface area contributed by atoms with Gasteiger partial charge in [-0.15, -0.1) is 0 Å². The van der Waals surface area contributed by atoms with Gasteiger partial charge >= 0.3 is 12.0 Å². The largest absolute Gasteiger partial charge is 0.480 e. The summed E-state index contributed by atoms with van der Waals surface area (Å²) < 4.78 is 17.3. The molecule has 232 valence electrons. The fourth-order valence-electron chi connectivity index (χ4n) is 4.88. The van der Waals surface area contributed by atoms with Gasteiger partial charge in [0.1, 0.15) is 11.8 Å². The van der Waals surface area contributed by atoms with Gasteiger partial charge in [-0.3, -0.25) is 4.90 Å². The number of carboxylic acids is 1. The van der Waals surface area contributed by atoms with Crippen LogP contribution in [-0.2, 0) is 27.3 Å². The molecule has 2 amide bonds. The number of nitrogens with two attached hydrogens (primary N) is 1. The van der Waals surface area contributed by atoms with Crippen LogP contribution in [0.15, 0.2) is 42.5 Å². The number of nitrogens with one attached hydrogen (secondary N) is 1. The summed E-state index contributed by atoms with van der Waals surface area (Å²) in [6.07, 6.45) is 6.35. The molecule has 3 rings (SSSR count). The second kappa shape index (κ2) is 16.5. The predicted molar refractivity (Wildman–Crippen MR) is 162 cm³/mol. The van der Waals surface area contributed by atoms with Gasteiger partial charge in [-0.25, -0.2) is 9.59 Å². The van der Waals surface area contributed by atoms with Gasteiger partial charge in [0, 0.05) is 44.9 Å². The van der Waals surface area contributed by atoms with Crippen molar-refractivity contribution >= 4 is 17.7 Å². The van der Waals surface area contributed by atoms with Crippen molar-refractivity contribution in [3.8, 4) is 5.75 Å². The Balaban J connectivity index is 1.19. The van der Waals surface area contributed by atoms with Crippen LogP contribution in [0.1, 0.15) is 82.1 Å². The van der Waals surface area contributed by atoms with Gasteiger partial charge in [-0.1, -0.05) is 31.0 Å². The predicted octanol–water partition coefficient (Wildman–Crippen LogP) is 4.91. The van der Waals surface area contributed by atoms with Crippen molar-refractivity contribution in [3.05, 3.63) is 59.2 Å². The molecule has 0 unspecified atom stereocenters. The highest BCUT2D eigenvalue weighted by atomic mass is 16.7. The van der Waals surface area contributed by atoms with E-state index in [1.54, 1.807) is 6.07 Å². The zero-order valence-corrected chi connectivity index (χ0v) is 25.1. The minimum Gasteiger partial charge on any atom is -0.480 e. The van der Waals surface area contributed by atoms with E-state index >= 15 is 0 Å². The maximum absolute atomic E-state index is 11.8. The molecule has 2 aromatic carbocycles. The molecule has 2 aromatic rings. The number of carbonyl (C=O) groups is 2. The molecular weight excluding hydrogens is 538 g/mol. The van der Waals surface area contributed by atoms with Gasteiger partial charge in [0.25, 0.3) is 0 Å². The summed E-state index contributed by atoms with van der Waals surface area (Å²) in [4.78, 5) is 24.2. The van der Waals surface area contributed by atoms with Gasteiger partial charge < -0.3 is 35.5 Å². The van der Waals surface area contributed by atoms with Crippen LogP contribution in [-0.4, -0.2) is 60.3 Å². The van der Waals surface area contributed by atoms with Gasteiger partial charge in [-0.2, -0.15) is 0 Å². The Labute approximate surface area is 249 Å². The molecule has 0 saturated carbocycles. The molecule has 0 aromatic heterocycles. The van der Waals surface area contributed by atoms with Crippen LogP contribution in [0.3, 0.4) is 0 Å². The highest BCUT2D eigenvalue weighted by Crippen LogP contribution is 2.32. The highest BCUT2D eigenvalue weighted by molar-refractivity contribution is 5.97. The first kappa shape index (κ1) is 33.3. The number of carbonyl (C=O) groups excluding carboxylic acids is 1. The third-order valence-corrected chi connectivity index (χ3v) is 7.31. The third kappa shape index (κ3) is 10.6. The molecule has 5 N–H and O–H groups in total. The SMILES string of the molecule is C[C@@H](C(=O)O)N(C(N)=O)c1cccc(CCCCOCCCCCCNC[C@@H](O)c2ccc3c(c2)COC(C)(C)O3)c1.